The molecule has 2 aliphatic heterocycles. The summed E-state index contributed by atoms with van der Waals surface area (Å²) < 4.78 is 44.3. The summed E-state index contributed by atoms with van der Waals surface area (Å²) >= 11 is 0. The quantitative estimate of drug-likeness (QED) is 0.863. The fourth-order valence-corrected chi connectivity index (χ4v) is 3.43. The molecule has 2 aromatic carbocycles. The lowest BCUT2D eigenvalue weighted by molar-refractivity contribution is 0.101. The van der Waals surface area contributed by atoms with E-state index in [1.807, 2.05) is 0 Å². The highest BCUT2D eigenvalue weighted by molar-refractivity contribution is 7.85. The predicted molar refractivity (Wildman–Crippen MR) is 80.1 cm³/mol. The van der Waals surface area contributed by atoms with E-state index in [0.717, 1.165) is 0 Å². The van der Waals surface area contributed by atoms with Crippen LogP contribution < -0.4 is 8.91 Å². The van der Waals surface area contributed by atoms with Crippen LogP contribution in [-0.4, -0.2) is 20.5 Å². The molecule has 0 aromatic heterocycles. The molecule has 116 valence electrons. The average molecular weight is 332 g/mol. The van der Waals surface area contributed by atoms with Crippen LogP contribution in [0.3, 0.4) is 0 Å². The number of hydrogen-bond donors (Lipinski definition) is 1. The third kappa shape index (κ3) is 2.32. The normalized spacial score (nSPS) is 17.5. The molecule has 0 aliphatic carbocycles. The third-order valence-corrected chi connectivity index (χ3v) is 4.56. The van der Waals surface area contributed by atoms with Gasteiger partial charge in [-0.1, -0.05) is 12.1 Å². The summed E-state index contributed by atoms with van der Waals surface area (Å²) in [5.41, 5.74) is 2.19. The van der Waals surface area contributed by atoms with Crippen LogP contribution in [0.1, 0.15) is 21.5 Å². The fraction of sp³-hybridized carbons (Fsp3) is 0.0667. The maximum atomic E-state index is 13.9. The second kappa shape index (κ2) is 4.71. The maximum Gasteiger partial charge on any atom is 0.382 e. The van der Waals surface area contributed by atoms with Crippen LogP contribution in [-0.2, 0) is 16.8 Å². The Balaban J connectivity index is 1.92. The molecule has 0 spiro atoms. The van der Waals surface area contributed by atoms with Crippen molar-refractivity contribution in [3.8, 4) is 16.9 Å². The van der Waals surface area contributed by atoms with Crippen molar-refractivity contribution < 1.29 is 21.8 Å². The summed E-state index contributed by atoms with van der Waals surface area (Å²) in [6, 6.07) is 7.28. The predicted octanol–water partition coefficient (Wildman–Crippen LogP) is 1.79. The zero-order valence-electron chi connectivity index (χ0n) is 11.5. The number of carbonyl (C=O) groups excluding carboxylic acids is 1. The molecule has 23 heavy (non-hydrogen) atoms. The van der Waals surface area contributed by atoms with Gasteiger partial charge in [0.15, 0.2) is 5.75 Å². The molecule has 0 bridgehead atoms. The van der Waals surface area contributed by atoms with Crippen molar-refractivity contribution in [1.29, 1.82) is 0 Å². The van der Waals surface area contributed by atoms with Gasteiger partial charge in [0, 0.05) is 29.4 Å². The number of halogens is 1. The standard InChI is InChI=1S/C15H9FN2O4S/c16-11-3-10-7-18-23(20,21)22-14(10)12(5-11)8-1-2-9-6-17-15(19)13(9)4-8/h1-6,18H,7H2. The van der Waals surface area contributed by atoms with E-state index in [2.05, 4.69) is 9.71 Å². The lowest BCUT2D eigenvalue weighted by Crippen LogP contribution is -2.32. The number of fused-ring (bicyclic) bond motifs is 2. The number of aliphatic imine (C=N–C) groups is 1. The lowest BCUT2D eigenvalue weighted by atomic mass is 9.97. The summed E-state index contributed by atoms with van der Waals surface area (Å²) in [7, 11) is -3.93. The number of benzene rings is 2. The number of carbonyl (C=O) groups is 1. The molecule has 1 amide bonds. The molecule has 0 atom stereocenters. The Hall–Kier alpha value is -2.58. The third-order valence-electron chi connectivity index (χ3n) is 3.68. The Bertz CT molecular complexity index is 999. The van der Waals surface area contributed by atoms with Crippen molar-refractivity contribution in [3.05, 3.63) is 52.8 Å². The Kier molecular flexibility index (Phi) is 2.87. The minimum atomic E-state index is -3.93. The van der Waals surface area contributed by atoms with Gasteiger partial charge in [-0.2, -0.15) is 13.1 Å². The van der Waals surface area contributed by atoms with E-state index in [-0.39, 0.29) is 23.8 Å². The minimum Gasteiger partial charge on any atom is -0.370 e. The van der Waals surface area contributed by atoms with E-state index in [1.54, 1.807) is 18.2 Å². The van der Waals surface area contributed by atoms with Crippen LogP contribution in [0.5, 0.6) is 5.75 Å². The summed E-state index contributed by atoms with van der Waals surface area (Å²) in [5, 5.41) is 0. The first-order valence-electron chi connectivity index (χ1n) is 6.67. The summed E-state index contributed by atoms with van der Waals surface area (Å²) in [5.74, 6) is -0.842. The molecule has 2 aromatic rings. The maximum absolute atomic E-state index is 13.9. The highest BCUT2D eigenvalue weighted by atomic mass is 32.2. The van der Waals surface area contributed by atoms with Crippen LogP contribution in [0.25, 0.3) is 11.1 Å². The van der Waals surface area contributed by atoms with Crippen LogP contribution in [0.2, 0.25) is 0 Å². The number of rotatable bonds is 1. The van der Waals surface area contributed by atoms with Crippen LogP contribution in [0.15, 0.2) is 35.3 Å². The number of nitrogens with one attached hydrogen (secondary N) is 1. The second-order valence-corrected chi connectivity index (χ2v) is 6.53. The first-order chi connectivity index (χ1) is 10.9. The summed E-state index contributed by atoms with van der Waals surface area (Å²) in [4.78, 5) is 15.4. The van der Waals surface area contributed by atoms with Crippen molar-refractivity contribution in [2.24, 2.45) is 4.99 Å². The monoisotopic (exact) mass is 332 g/mol. The Labute approximate surface area is 130 Å². The first kappa shape index (κ1) is 14.0. The van der Waals surface area contributed by atoms with Gasteiger partial charge in [-0.15, -0.1) is 0 Å². The van der Waals surface area contributed by atoms with E-state index in [4.69, 9.17) is 4.18 Å². The highest BCUT2D eigenvalue weighted by Crippen LogP contribution is 2.38. The molecular formula is C15H9FN2O4S. The molecule has 0 unspecified atom stereocenters. The van der Waals surface area contributed by atoms with Crippen molar-refractivity contribution in [1.82, 2.24) is 4.72 Å². The molecule has 0 saturated heterocycles. The summed E-state index contributed by atoms with van der Waals surface area (Å²) in [6.45, 7) is -0.0601. The molecule has 4 rings (SSSR count). The van der Waals surface area contributed by atoms with Crippen LogP contribution in [0, 0.1) is 5.82 Å². The Morgan fingerprint density at radius 2 is 2.00 bits per heavy atom. The molecule has 8 heteroatoms. The highest BCUT2D eigenvalue weighted by Gasteiger charge is 2.27. The van der Waals surface area contributed by atoms with Crippen LogP contribution in [0.4, 0.5) is 4.39 Å². The number of nitrogens with zero attached hydrogens (tertiary/aromatic N) is 1. The van der Waals surface area contributed by atoms with Crippen molar-refractivity contribution in [3.63, 3.8) is 0 Å². The van der Waals surface area contributed by atoms with Gasteiger partial charge in [-0.25, -0.2) is 9.38 Å². The molecule has 0 fully saturated rings. The molecule has 2 aliphatic rings. The smallest absolute Gasteiger partial charge is 0.370 e. The zero-order valence-corrected chi connectivity index (χ0v) is 12.4. The fourth-order valence-electron chi connectivity index (χ4n) is 2.62. The van der Waals surface area contributed by atoms with Crippen molar-refractivity contribution >= 4 is 22.4 Å². The van der Waals surface area contributed by atoms with E-state index in [1.165, 1.54) is 18.3 Å². The van der Waals surface area contributed by atoms with E-state index in [9.17, 15) is 17.6 Å². The zero-order chi connectivity index (χ0) is 16.2. The van der Waals surface area contributed by atoms with Crippen molar-refractivity contribution in [2.45, 2.75) is 6.54 Å². The second-order valence-electron chi connectivity index (χ2n) is 5.17. The SMILES string of the molecule is O=C1N=Cc2ccc(-c3cc(F)cc4c3OS(=O)(=O)NC4)cc21. The number of amides is 1. The summed E-state index contributed by atoms with van der Waals surface area (Å²) in [6.07, 6.45) is 1.45. The van der Waals surface area contributed by atoms with Gasteiger partial charge >= 0.3 is 10.3 Å². The molecule has 6 nitrogen and oxygen atoms in total. The van der Waals surface area contributed by atoms with E-state index in [0.29, 0.717) is 22.3 Å². The molecule has 1 N–H and O–H groups in total. The van der Waals surface area contributed by atoms with Crippen molar-refractivity contribution in [2.75, 3.05) is 0 Å². The largest absolute Gasteiger partial charge is 0.382 e. The van der Waals surface area contributed by atoms with E-state index < -0.39 is 16.1 Å². The molecule has 0 saturated carbocycles. The van der Waals surface area contributed by atoms with Crippen LogP contribution >= 0.6 is 0 Å². The topological polar surface area (TPSA) is 84.8 Å². The molecular weight excluding hydrogens is 323 g/mol. The molecule has 2 heterocycles. The average Bonchev–Trinajstić information content (AvgIpc) is 2.87. The van der Waals surface area contributed by atoms with Gasteiger partial charge in [0.25, 0.3) is 5.91 Å². The van der Waals surface area contributed by atoms with Gasteiger partial charge in [-0.05, 0) is 23.8 Å². The lowest BCUT2D eigenvalue weighted by Gasteiger charge is -2.21. The van der Waals surface area contributed by atoms with Gasteiger partial charge in [-0.3, -0.25) is 4.79 Å². The molecule has 0 radical (unpaired) electrons. The Morgan fingerprint density at radius 3 is 2.83 bits per heavy atom. The van der Waals surface area contributed by atoms with Gasteiger partial charge in [0.05, 0.1) is 5.56 Å². The minimum absolute atomic E-state index is 0.0601. The van der Waals surface area contributed by atoms with Gasteiger partial charge in [0.1, 0.15) is 5.82 Å². The Morgan fingerprint density at radius 1 is 1.17 bits per heavy atom. The van der Waals surface area contributed by atoms with Gasteiger partial charge < -0.3 is 4.18 Å². The van der Waals surface area contributed by atoms with E-state index >= 15 is 0 Å². The number of hydrogen-bond acceptors (Lipinski definition) is 4. The first-order valence-corrected chi connectivity index (χ1v) is 8.08. The van der Waals surface area contributed by atoms with Gasteiger partial charge in [0.2, 0.25) is 0 Å².